The second-order valence-electron chi connectivity index (χ2n) is 4.62. The van der Waals surface area contributed by atoms with Crippen molar-refractivity contribution in [3.8, 4) is 0 Å². The topological polar surface area (TPSA) is 20.3 Å². The molecule has 2 heteroatoms. The molecule has 0 atom stereocenters. The van der Waals surface area contributed by atoms with E-state index in [9.17, 15) is 4.79 Å². The normalized spacial score (nSPS) is 28.5. The van der Waals surface area contributed by atoms with Gasteiger partial charge in [0.15, 0.2) is 0 Å². The molecule has 2 nitrogen and oxygen atoms in total. The van der Waals surface area contributed by atoms with Crippen LogP contribution < -0.4 is 0 Å². The van der Waals surface area contributed by atoms with Crippen molar-refractivity contribution in [1.29, 1.82) is 0 Å². The Balaban J connectivity index is 2.26. The summed E-state index contributed by atoms with van der Waals surface area (Å²) in [4.78, 5) is 13.1. The van der Waals surface area contributed by atoms with Gasteiger partial charge in [0.25, 0.3) is 0 Å². The average Bonchev–Trinajstić information content (AvgIpc) is 2.08. The minimum absolute atomic E-state index is 0.291. The first-order valence-electron chi connectivity index (χ1n) is 5.29. The van der Waals surface area contributed by atoms with Crippen LogP contribution in [0.1, 0.15) is 39.0 Å². The molecule has 0 aromatic carbocycles. The van der Waals surface area contributed by atoms with Crippen LogP contribution in [-0.2, 0) is 4.79 Å². The van der Waals surface area contributed by atoms with Crippen molar-refractivity contribution < 1.29 is 4.79 Å². The fourth-order valence-electron chi connectivity index (χ4n) is 1.96. The van der Waals surface area contributed by atoms with Crippen molar-refractivity contribution in [2.75, 3.05) is 14.1 Å². The molecule has 0 aromatic heterocycles. The average molecular weight is 183 g/mol. The Morgan fingerprint density at radius 2 is 1.77 bits per heavy atom. The molecular formula is C11H21NO. The lowest BCUT2D eigenvalue weighted by atomic mass is 9.81. The van der Waals surface area contributed by atoms with Gasteiger partial charge < -0.3 is 4.90 Å². The van der Waals surface area contributed by atoms with Gasteiger partial charge in [-0.15, -0.1) is 0 Å². The van der Waals surface area contributed by atoms with Crippen molar-refractivity contribution in [3.63, 3.8) is 0 Å². The van der Waals surface area contributed by atoms with Gasteiger partial charge in [0.2, 0.25) is 5.91 Å². The van der Waals surface area contributed by atoms with Gasteiger partial charge in [-0.25, -0.2) is 0 Å². The minimum atomic E-state index is 0.291. The van der Waals surface area contributed by atoms with Crippen LogP contribution in [0.3, 0.4) is 0 Å². The summed E-state index contributed by atoms with van der Waals surface area (Å²) < 4.78 is 0. The van der Waals surface area contributed by atoms with Gasteiger partial charge in [-0.05, 0) is 24.7 Å². The predicted octanol–water partition coefficient (Wildman–Crippen LogP) is 2.29. The predicted molar refractivity (Wildman–Crippen MR) is 54.4 cm³/mol. The quantitative estimate of drug-likeness (QED) is 0.643. The van der Waals surface area contributed by atoms with E-state index in [0.717, 1.165) is 12.3 Å². The van der Waals surface area contributed by atoms with Crippen LogP contribution in [0.15, 0.2) is 0 Å². The highest BCUT2D eigenvalue weighted by Gasteiger charge is 2.20. The van der Waals surface area contributed by atoms with Crippen molar-refractivity contribution in [2.24, 2.45) is 11.8 Å². The third-order valence-electron chi connectivity index (χ3n) is 3.10. The summed E-state index contributed by atoms with van der Waals surface area (Å²) in [6.07, 6.45) is 5.89. The van der Waals surface area contributed by atoms with Crippen LogP contribution in [0.4, 0.5) is 0 Å². The molecule has 76 valence electrons. The third-order valence-corrected chi connectivity index (χ3v) is 3.10. The zero-order chi connectivity index (χ0) is 9.84. The number of hydrogen-bond donors (Lipinski definition) is 0. The first kappa shape index (κ1) is 10.6. The zero-order valence-corrected chi connectivity index (χ0v) is 9.05. The molecule has 0 aromatic rings. The molecule has 1 aliphatic rings. The molecule has 1 aliphatic carbocycles. The Labute approximate surface area is 81.3 Å². The molecule has 0 radical (unpaired) electrons. The zero-order valence-electron chi connectivity index (χ0n) is 9.05. The highest BCUT2D eigenvalue weighted by molar-refractivity contribution is 5.75. The van der Waals surface area contributed by atoms with Crippen LogP contribution in [0, 0.1) is 11.8 Å². The van der Waals surface area contributed by atoms with Crippen LogP contribution in [-0.4, -0.2) is 24.9 Å². The third kappa shape index (κ3) is 3.37. The Bertz CT molecular complexity index is 169. The molecule has 13 heavy (non-hydrogen) atoms. The van der Waals surface area contributed by atoms with Gasteiger partial charge >= 0.3 is 0 Å². The molecule has 1 rings (SSSR count). The van der Waals surface area contributed by atoms with E-state index in [0.29, 0.717) is 11.8 Å². The number of hydrogen-bond acceptors (Lipinski definition) is 1. The van der Waals surface area contributed by atoms with E-state index in [4.69, 9.17) is 0 Å². The number of rotatable bonds is 2. The van der Waals surface area contributed by atoms with Gasteiger partial charge in [0.05, 0.1) is 0 Å². The van der Waals surface area contributed by atoms with Gasteiger partial charge in [-0.1, -0.05) is 19.8 Å². The Kier molecular flexibility index (Phi) is 3.76. The fourth-order valence-corrected chi connectivity index (χ4v) is 1.96. The molecule has 0 heterocycles. The number of nitrogens with zero attached hydrogens (tertiary/aromatic N) is 1. The summed E-state index contributed by atoms with van der Waals surface area (Å²) in [6, 6.07) is 0. The number of carbonyl (C=O) groups is 1. The maximum Gasteiger partial charge on any atom is 0.222 e. The molecule has 0 saturated heterocycles. The van der Waals surface area contributed by atoms with E-state index in [1.165, 1.54) is 25.7 Å². The highest BCUT2D eigenvalue weighted by atomic mass is 16.2. The van der Waals surface area contributed by atoms with E-state index in [2.05, 4.69) is 6.92 Å². The smallest absolute Gasteiger partial charge is 0.222 e. The van der Waals surface area contributed by atoms with Crippen molar-refractivity contribution in [3.05, 3.63) is 0 Å². The van der Waals surface area contributed by atoms with E-state index in [1.807, 2.05) is 14.1 Å². The minimum Gasteiger partial charge on any atom is -0.349 e. The van der Waals surface area contributed by atoms with E-state index in [1.54, 1.807) is 4.90 Å². The second kappa shape index (κ2) is 4.64. The van der Waals surface area contributed by atoms with Crippen LogP contribution in [0.2, 0.25) is 0 Å². The summed E-state index contributed by atoms with van der Waals surface area (Å²) in [5, 5.41) is 0. The lowest BCUT2D eigenvalue weighted by Crippen LogP contribution is -2.25. The fraction of sp³-hybridized carbons (Fsp3) is 0.909. The lowest BCUT2D eigenvalue weighted by Gasteiger charge is -2.26. The molecule has 0 spiro atoms. The Hall–Kier alpha value is -0.530. The van der Waals surface area contributed by atoms with Crippen molar-refractivity contribution in [1.82, 2.24) is 4.90 Å². The van der Waals surface area contributed by atoms with Crippen molar-refractivity contribution in [2.45, 2.75) is 39.0 Å². The second-order valence-corrected chi connectivity index (χ2v) is 4.62. The molecule has 0 unspecified atom stereocenters. The maximum absolute atomic E-state index is 11.4. The monoisotopic (exact) mass is 183 g/mol. The Morgan fingerprint density at radius 3 is 2.23 bits per heavy atom. The largest absolute Gasteiger partial charge is 0.349 e. The lowest BCUT2D eigenvalue weighted by molar-refractivity contribution is -0.129. The molecule has 0 N–H and O–H groups in total. The van der Waals surface area contributed by atoms with Crippen LogP contribution >= 0.6 is 0 Å². The van der Waals surface area contributed by atoms with E-state index < -0.39 is 0 Å². The number of amides is 1. The first-order chi connectivity index (χ1) is 6.09. The van der Waals surface area contributed by atoms with Crippen molar-refractivity contribution >= 4 is 5.91 Å². The van der Waals surface area contributed by atoms with Crippen LogP contribution in [0.5, 0.6) is 0 Å². The van der Waals surface area contributed by atoms with E-state index >= 15 is 0 Å². The summed E-state index contributed by atoms with van der Waals surface area (Å²) in [5.74, 6) is 1.83. The van der Waals surface area contributed by atoms with Gasteiger partial charge in [0, 0.05) is 20.5 Å². The van der Waals surface area contributed by atoms with Gasteiger partial charge in [-0.3, -0.25) is 4.79 Å². The molecular weight excluding hydrogens is 162 g/mol. The highest BCUT2D eigenvalue weighted by Crippen LogP contribution is 2.30. The molecule has 1 fully saturated rings. The number of carbonyl (C=O) groups excluding carboxylic acids is 1. The Morgan fingerprint density at radius 1 is 1.23 bits per heavy atom. The summed E-state index contributed by atoms with van der Waals surface area (Å²) in [7, 11) is 3.68. The molecule has 0 aliphatic heterocycles. The SMILES string of the molecule is CC1CCC(CC(=O)N(C)C)CC1. The van der Waals surface area contributed by atoms with E-state index in [-0.39, 0.29) is 0 Å². The van der Waals surface area contributed by atoms with Gasteiger partial charge in [0.1, 0.15) is 0 Å². The van der Waals surface area contributed by atoms with Gasteiger partial charge in [-0.2, -0.15) is 0 Å². The summed E-state index contributed by atoms with van der Waals surface area (Å²) in [5.41, 5.74) is 0. The summed E-state index contributed by atoms with van der Waals surface area (Å²) >= 11 is 0. The standard InChI is InChI=1S/C11H21NO/c1-9-4-6-10(7-5-9)8-11(13)12(2)3/h9-10H,4-8H2,1-3H3. The summed E-state index contributed by atoms with van der Waals surface area (Å²) in [6.45, 7) is 2.31. The first-order valence-corrected chi connectivity index (χ1v) is 5.29. The maximum atomic E-state index is 11.4. The molecule has 1 amide bonds. The molecule has 1 saturated carbocycles. The van der Waals surface area contributed by atoms with Crippen LogP contribution in [0.25, 0.3) is 0 Å². The molecule has 0 bridgehead atoms.